The number of benzene rings is 1. The smallest absolute Gasteiger partial charge is 0.338 e. The molecule has 0 saturated heterocycles. The highest BCUT2D eigenvalue weighted by Crippen LogP contribution is 2.18. The van der Waals surface area contributed by atoms with Gasteiger partial charge in [0, 0.05) is 5.56 Å². The molecule has 0 atom stereocenters. The molecular weight excluding hydrogens is 218 g/mol. The molecule has 1 aromatic heterocycles. The van der Waals surface area contributed by atoms with Gasteiger partial charge in [0.1, 0.15) is 12.0 Å². The summed E-state index contributed by atoms with van der Waals surface area (Å²) in [7, 11) is 0. The fraction of sp³-hybridized carbons (Fsp3) is 0.231. The van der Waals surface area contributed by atoms with E-state index >= 15 is 0 Å². The van der Waals surface area contributed by atoms with Crippen LogP contribution in [0.15, 0.2) is 41.3 Å². The van der Waals surface area contributed by atoms with Crippen molar-refractivity contribution in [3.63, 3.8) is 0 Å². The maximum atomic E-state index is 11.7. The summed E-state index contributed by atoms with van der Waals surface area (Å²) in [5.74, 6) is -0.328. The number of carbonyl (C=O) groups is 1. The predicted octanol–water partition coefficient (Wildman–Crippen LogP) is 2.91. The average molecular weight is 231 g/mol. The van der Waals surface area contributed by atoms with Crippen LogP contribution in [0, 0.1) is 0 Å². The Hall–Kier alpha value is -2.10. The van der Waals surface area contributed by atoms with E-state index in [1.54, 1.807) is 18.2 Å². The molecule has 2 aromatic rings. The van der Waals surface area contributed by atoms with Gasteiger partial charge < -0.3 is 9.15 Å². The van der Waals surface area contributed by atoms with Gasteiger partial charge in [-0.05, 0) is 26.0 Å². The number of esters is 1. The number of carbonyl (C=O) groups excluding carboxylic acids is 1. The van der Waals surface area contributed by atoms with Crippen molar-refractivity contribution in [1.29, 1.82) is 0 Å². The molecule has 0 amide bonds. The van der Waals surface area contributed by atoms with Crippen LogP contribution in [0.2, 0.25) is 0 Å². The minimum atomic E-state index is -0.328. The highest BCUT2D eigenvalue weighted by Gasteiger charge is 2.10. The number of oxazole rings is 1. The summed E-state index contributed by atoms with van der Waals surface area (Å²) in [6, 6.07) is 7.11. The van der Waals surface area contributed by atoms with Crippen LogP contribution in [0.3, 0.4) is 0 Å². The molecule has 0 aliphatic rings. The number of nitrogens with zero attached hydrogens (tertiary/aromatic N) is 1. The Morgan fingerprint density at radius 1 is 1.41 bits per heavy atom. The molecule has 0 spiro atoms. The summed E-state index contributed by atoms with van der Waals surface area (Å²) < 4.78 is 10.0. The van der Waals surface area contributed by atoms with Crippen molar-refractivity contribution in [2.45, 2.75) is 20.0 Å². The highest BCUT2D eigenvalue weighted by atomic mass is 16.5. The highest BCUT2D eigenvalue weighted by molar-refractivity contribution is 5.90. The summed E-state index contributed by atoms with van der Waals surface area (Å²) in [5.41, 5.74) is 2.04. The van der Waals surface area contributed by atoms with Gasteiger partial charge in [-0.3, -0.25) is 0 Å². The Balaban J connectivity index is 2.26. The molecule has 2 rings (SSSR count). The molecule has 1 aromatic carbocycles. The van der Waals surface area contributed by atoms with E-state index in [1.807, 2.05) is 19.9 Å². The molecule has 1 heterocycles. The van der Waals surface area contributed by atoms with Gasteiger partial charge in [0.2, 0.25) is 0 Å². The molecule has 88 valence electrons. The van der Waals surface area contributed by atoms with E-state index in [4.69, 9.17) is 9.15 Å². The van der Waals surface area contributed by atoms with Crippen molar-refractivity contribution in [1.82, 2.24) is 4.98 Å². The minimum Gasteiger partial charge on any atom is -0.459 e. The van der Waals surface area contributed by atoms with Crippen LogP contribution in [-0.4, -0.2) is 17.1 Å². The molecule has 0 aliphatic carbocycles. The molecular formula is C13H13NO3. The molecule has 0 unspecified atom stereocenters. The third-order valence-electron chi connectivity index (χ3n) is 2.17. The first-order chi connectivity index (χ1) is 8.16. The van der Waals surface area contributed by atoms with Crippen molar-refractivity contribution in [2.24, 2.45) is 0 Å². The summed E-state index contributed by atoms with van der Waals surface area (Å²) >= 11 is 0. The van der Waals surface area contributed by atoms with Crippen molar-refractivity contribution in [3.8, 4) is 11.3 Å². The lowest BCUT2D eigenvalue weighted by molar-refractivity contribution is 0.0378. The van der Waals surface area contributed by atoms with Crippen LogP contribution in [0.25, 0.3) is 11.3 Å². The topological polar surface area (TPSA) is 52.3 Å². The molecule has 0 radical (unpaired) electrons. The molecule has 0 saturated carbocycles. The number of hydrogen-bond acceptors (Lipinski definition) is 4. The van der Waals surface area contributed by atoms with Gasteiger partial charge in [-0.2, -0.15) is 0 Å². The number of aromatic nitrogens is 1. The van der Waals surface area contributed by atoms with Crippen LogP contribution < -0.4 is 0 Å². The number of hydrogen-bond donors (Lipinski definition) is 0. The molecule has 0 fully saturated rings. The van der Waals surface area contributed by atoms with E-state index < -0.39 is 0 Å². The summed E-state index contributed by atoms with van der Waals surface area (Å²) in [4.78, 5) is 15.7. The summed E-state index contributed by atoms with van der Waals surface area (Å²) in [5, 5.41) is 0. The first kappa shape index (κ1) is 11.4. The molecule has 4 nitrogen and oxygen atoms in total. The first-order valence-corrected chi connectivity index (χ1v) is 5.36. The van der Waals surface area contributed by atoms with Crippen molar-refractivity contribution >= 4 is 5.97 Å². The maximum Gasteiger partial charge on any atom is 0.338 e. The zero-order valence-electron chi connectivity index (χ0n) is 9.71. The predicted molar refractivity (Wildman–Crippen MR) is 62.5 cm³/mol. The quantitative estimate of drug-likeness (QED) is 0.762. The Bertz CT molecular complexity index is 503. The Labute approximate surface area is 99.2 Å². The molecule has 4 heteroatoms. The normalized spacial score (nSPS) is 10.5. The third kappa shape index (κ3) is 2.72. The lowest BCUT2D eigenvalue weighted by atomic mass is 10.1. The van der Waals surface area contributed by atoms with E-state index in [9.17, 15) is 4.79 Å². The number of rotatable bonds is 3. The van der Waals surface area contributed by atoms with E-state index in [0.717, 1.165) is 5.56 Å². The largest absolute Gasteiger partial charge is 0.459 e. The average Bonchev–Trinajstić information content (AvgIpc) is 2.82. The third-order valence-corrected chi connectivity index (χ3v) is 2.17. The molecule has 17 heavy (non-hydrogen) atoms. The lowest BCUT2D eigenvalue weighted by Gasteiger charge is -2.08. The Morgan fingerprint density at radius 3 is 2.88 bits per heavy atom. The van der Waals surface area contributed by atoms with Gasteiger partial charge in [-0.25, -0.2) is 9.78 Å². The van der Waals surface area contributed by atoms with Gasteiger partial charge in [-0.15, -0.1) is 0 Å². The molecule has 0 aliphatic heterocycles. The lowest BCUT2D eigenvalue weighted by Crippen LogP contribution is -2.11. The summed E-state index contributed by atoms with van der Waals surface area (Å²) in [6.45, 7) is 3.64. The summed E-state index contributed by atoms with van der Waals surface area (Å²) in [6.07, 6.45) is 2.76. The second-order valence-corrected chi connectivity index (χ2v) is 3.91. The van der Waals surface area contributed by atoms with Gasteiger partial charge in [0.05, 0.1) is 11.7 Å². The standard InChI is InChI=1S/C13H13NO3/c1-9(2)17-13(15)11-5-3-4-10(6-11)12-7-16-8-14-12/h3-9H,1-2H3. The Kier molecular flexibility index (Phi) is 3.23. The van der Waals surface area contributed by atoms with Crippen LogP contribution in [0.4, 0.5) is 0 Å². The first-order valence-electron chi connectivity index (χ1n) is 5.36. The van der Waals surface area contributed by atoms with Crippen LogP contribution in [0.5, 0.6) is 0 Å². The van der Waals surface area contributed by atoms with Crippen LogP contribution in [0.1, 0.15) is 24.2 Å². The van der Waals surface area contributed by atoms with Crippen molar-refractivity contribution in [2.75, 3.05) is 0 Å². The van der Waals surface area contributed by atoms with Crippen LogP contribution in [-0.2, 0) is 4.74 Å². The Morgan fingerprint density at radius 2 is 2.24 bits per heavy atom. The van der Waals surface area contributed by atoms with Gasteiger partial charge in [0.15, 0.2) is 6.39 Å². The van der Waals surface area contributed by atoms with Gasteiger partial charge >= 0.3 is 5.97 Å². The zero-order chi connectivity index (χ0) is 12.3. The van der Waals surface area contributed by atoms with E-state index in [-0.39, 0.29) is 12.1 Å². The fourth-order valence-electron chi connectivity index (χ4n) is 1.44. The SMILES string of the molecule is CC(C)OC(=O)c1cccc(-c2cocn2)c1. The van der Waals surface area contributed by atoms with Crippen LogP contribution >= 0.6 is 0 Å². The number of ether oxygens (including phenoxy) is 1. The molecule has 0 N–H and O–H groups in total. The van der Waals surface area contributed by atoms with E-state index in [0.29, 0.717) is 11.3 Å². The van der Waals surface area contributed by atoms with Gasteiger partial charge in [-0.1, -0.05) is 12.1 Å². The maximum absolute atomic E-state index is 11.7. The molecule has 0 bridgehead atoms. The second-order valence-electron chi connectivity index (χ2n) is 3.91. The van der Waals surface area contributed by atoms with Crippen molar-refractivity contribution < 1.29 is 13.9 Å². The zero-order valence-corrected chi connectivity index (χ0v) is 9.71. The van der Waals surface area contributed by atoms with E-state index in [2.05, 4.69) is 4.98 Å². The minimum absolute atomic E-state index is 0.127. The van der Waals surface area contributed by atoms with Gasteiger partial charge in [0.25, 0.3) is 0 Å². The second kappa shape index (κ2) is 4.82. The van der Waals surface area contributed by atoms with Crippen molar-refractivity contribution in [3.05, 3.63) is 42.5 Å². The van der Waals surface area contributed by atoms with E-state index in [1.165, 1.54) is 12.7 Å². The monoisotopic (exact) mass is 231 g/mol. The fourth-order valence-corrected chi connectivity index (χ4v) is 1.44.